The molecule has 1 rings (SSSR count). The van der Waals surface area contributed by atoms with Gasteiger partial charge in [0.2, 0.25) is 0 Å². The Morgan fingerprint density at radius 3 is 3.00 bits per heavy atom. The Kier molecular flexibility index (Phi) is 2.69. The van der Waals surface area contributed by atoms with Crippen molar-refractivity contribution >= 4 is 5.97 Å². The molecule has 1 saturated carbocycles. The van der Waals surface area contributed by atoms with Crippen LogP contribution in [0.2, 0.25) is 0 Å². The fraction of sp³-hybridized carbons (Fsp3) is 0.667. The van der Waals surface area contributed by atoms with Gasteiger partial charge in [-0.1, -0.05) is 12.2 Å². The summed E-state index contributed by atoms with van der Waals surface area (Å²) in [6.45, 7) is 5.90. The van der Waals surface area contributed by atoms with E-state index in [9.17, 15) is 4.79 Å². The zero-order valence-electron chi connectivity index (χ0n) is 6.93. The van der Waals surface area contributed by atoms with Crippen molar-refractivity contribution in [2.45, 2.75) is 26.2 Å². The summed E-state index contributed by atoms with van der Waals surface area (Å²) in [4.78, 5) is 10.5. The first kappa shape index (κ1) is 8.31. The number of carbonyl (C=O) groups is 1. The van der Waals surface area contributed by atoms with Gasteiger partial charge in [0.05, 0.1) is 6.61 Å². The molecule has 0 unspecified atom stereocenters. The van der Waals surface area contributed by atoms with Gasteiger partial charge >= 0.3 is 5.97 Å². The van der Waals surface area contributed by atoms with Gasteiger partial charge in [-0.3, -0.25) is 4.79 Å². The molecule has 0 saturated heterocycles. The molecule has 0 heterocycles. The summed E-state index contributed by atoms with van der Waals surface area (Å²) in [5.41, 5.74) is 1.24. The number of hydrogen-bond donors (Lipinski definition) is 0. The predicted octanol–water partition coefficient (Wildman–Crippen LogP) is 1.91. The Labute approximate surface area is 67.2 Å². The largest absolute Gasteiger partial charge is 0.465 e. The average molecular weight is 154 g/mol. The van der Waals surface area contributed by atoms with Gasteiger partial charge in [0.15, 0.2) is 0 Å². The van der Waals surface area contributed by atoms with Crippen LogP contribution in [-0.4, -0.2) is 12.6 Å². The van der Waals surface area contributed by atoms with E-state index in [4.69, 9.17) is 4.74 Å². The fourth-order valence-corrected chi connectivity index (χ4v) is 1.40. The first-order valence-electron chi connectivity index (χ1n) is 4.01. The molecule has 1 fully saturated rings. The lowest BCUT2D eigenvalue weighted by Crippen LogP contribution is -2.09. The first-order valence-corrected chi connectivity index (χ1v) is 4.01. The van der Waals surface area contributed by atoms with Crippen LogP contribution < -0.4 is 0 Å². The van der Waals surface area contributed by atoms with Crippen LogP contribution in [0.15, 0.2) is 12.2 Å². The zero-order chi connectivity index (χ0) is 8.27. The molecule has 0 aromatic carbocycles. The third-order valence-electron chi connectivity index (χ3n) is 2.12. The Balaban J connectivity index is 2.26. The fourth-order valence-electron chi connectivity index (χ4n) is 1.40. The molecule has 0 radical (unpaired) electrons. The van der Waals surface area contributed by atoms with E-state index in [1.54, 1.807) is 0 Å². The summed E-state index contributed by atoms with van der Waals surface area (Å²) in [7, 11) is 0. The maximum Gasteiger partial charge on any atom is 0.302 e. The van der Waals surface area contributed by atoms with Crippen molar-refractivity contribution < 1.29 is 9.53 Å². The van der Waals surface area contributed by atoms with Crippen molar-refractivity contribution in [3.63, 3.8) is 0 Å². The van der Waals surface area contributed by atoms with Crippen LogP contribution in [0.1, 0.15) is 26.2 Å². The van der Waals surface area contributed by atoms with Crippen molar-refractivity contribution in [2.75, 3.05) is 6.61 Å². The second-order valence-corrected chi connectivity index (χ2v) is 3.05. The van der Waals surface area contributed by atoms with E-state index >= 15 is 0 Å². The van der Waals surface area contributed by atoms with Crippen molar-refractivity contribution in [1.29, 1.82) is 0 Å². The Bertz CT molecular complexity index is 172. The molecule has 1 aliphatic carbocycles. The van der Waals surface area contributed by atoms with Crippen LogP contribution in [0.25, 0.3) is 0 Å². The number of hydrogen-bond acceptors (Lipinski definition) is 2. The van der Waals surface area contributed by atoms with Crippen molar-refractivity contribution in [3.8, 4) is 0 Å². The topological polar surface area (TPSA) is 26.3 Å². The van der Waals surface area contributed by atoms with Crippen LogP contribution in [0, 0.1) is 5.92 Å². The van der Waals surface area contributed by atoms with Gasteiger partial charge in [-0.05, 0) is 19.3 Å². The van der Waals surface area contributed by atoms with Gasteiger partial charge in [0, 0.05) is 12.8 Å². The molecule has 0 aromatic rings. The average Bonchev–Trinajstić information content (AvgIpc) is 2.31. The normalized spacial score (nSPS) is 23.7. The van der Waals surface area contributed by atoms with Gasteiger partial charge in [-0.2, -0.15) is 0 Å². The first-order chi connectivity index (χ1) is 5.20. The monoisotopic (exact) mass is 154 g/mol. The van der Waals surface area contributed by atoms with Crippen molar-refractivity contribution in [1.82, 2.24) is 0 Å². The summed E-state index contributed by atoms with van der Waals surface area (Å²) in [5, 5.41) is 0. The van der Waals surface area contributed by atoms with E-state index in [1.807, 2.05) is 0 Å². The molecular weight excluding hydrogens is 140 g/mol. The number of rotatable bonds is 2. The Hall–Kier alpha value is -0.790. The minimum absolute atomic E-state index is 0.190. The van der Waals surface area contributed by atoms with E-state index in [0.717, 1.165) is 12.8 Å². The van der Waals surface area contributed by atoms with Gasteiger partial charge in [-0.15, -0.1) is 0 Å². The molecule has 2 heteroatoms. The van der Waals surface area contributed by atoms with E-state index in [2.05, 4.69) is 6.58 Å². The molecular formula is C9H14O2. The van der Waals surface area contributed by atoms with Gasteiger partial charge in [-0.25, -0.2) is 0 Å². The maximum absolute atomic E-state index is 10.5. The summed E-state index contributed by atoms with van der Waals surface area (Å²) in [5.74, 6) is 0.239. The summed E-state index contributed by atoms with van der Waals surface area (Å²) in [6, 6.07) is 0. The molecule has 11 heavy (non-hydrogen) atoms. The number of carbonyl (C=O) groups excluding carboxylic acids is 1. The lowest BCUT2D eigenvalue weighted by atomic mass is 10.1. The summed E-state index contributed by atoms with van der Waals surface area (Å²) >= 11 is 0. The minimum atomic E-state index is -0.190. The van der Waals surface area contributed by atoms with Gasteiger partial charge in [0.25, 0.3) is 0 Å². The van der Waals surface area contributed by atoms with E-state index < -0.39 is 0 Å². The second-order valence-electron chi connectivity index (χ2n) is 3.05. The summed E-state index contributed by atoms with van der Waals surface area (Å²) in [6.07, 6.45) is 3.43. The molecule has 0 N–H and O–H groups in total. The highest BCUT2D eigenvalue weighted by atomic mass is 16.5. The standard InChI is InChI=1S/C9H14O2/c1-7-4-3-5-9(7)6-11-8(2)10/h9H,1,3-6H2,2H3/t9-/m0/s1. The van der Waals surface area contributed by atoms with Crippen molar-refractivity contribution in [2.24, 2.45) is 5.92 Å². The predicted molar refractivity (Wildman–Crippen MR) is 43.1 cm³/mol. The molecule has 1 aliphatic rings. The van der Waals surface area contributed by atoms with Crippen LogP contribution in [0.4, 0.5) is 0 Å². The molecule has 0 aliphatic heterocycles. The molecule has 0 bridgehead atoms. The highest BCUT2D eigenvalue weighted by Gasteiger charge is 2.19. The SMILES string of the molecule is C=C1CCC[C@H]1COC(C)=O. The van der Waals surface area contributed by atoms with Crippen LogP contribution in [0.3, 0.4) is 0 Å². The van der Waals surface area contributed by atoms with Crippen LogP contribution in [0.5, 0.6) is 0 Å². The highest BCUT2D eigenvalue weighted by molar-refractivity contribution is 5.65. The minimum Gasteiger partial charge on any atom is -0.465 e. The maximum atomic E-state index is 10.5. The Morgan fingerprint density at radius 1 is 1.82 bits per heavy atom. The van der Waals surface area contributed by atoms with E-state index in [0.29, 0.717) is 12.5 Å². The Morgan fingerprint density at radius 2 is 2.55 bits per heavy atom. The number of ether oxygens (including phenoxy) is 1. The molecule has 0 aromatic heterocycles. The molecule has 62 valence electrons. The van der Waals surface area contributed by atoms with E-state index in [1.165, 1.54) is 18.9 Å². The third-order valence-corrected chi connectivity index (χ3v) is 2.12. The van der Waals surface area contributed by atoms with Gasteiger partial charge in [0.1, 0.15) is 0 Å². The number of esters is 1. The lowest BCUT2D eigenvalue weighted by Gasteiger charge is -2.09. The molecule has 2 nitrogen and oxygen atoms in total. The van der Waals surface area contributed by atoms with Crippen LogP contribution >= 0.6 is 0 Å². The smallest absolute Gasteiger partial charge is 0.302 e. The highest BCUT2D eigenvalue weighted by Crippen LogP contribution is 2.29. The zero-order valence-corrected chi connectivity index (χ0v) is 6.93. The molecule has 0 amide bonds. The molecule has 1 atom stereocenters. The second kappa shape index (κ2) is 3.56. The van der Waals surface area contributed by atoms with Crippen LogP contribution in [-0.2, 0) is 9.53 Å². The van der Waals surface area contributed by atoms with Gasteiger partial charge < -0.3 is 4.74 Å². The third kappa shape index (κ3) is 2.37. The lowest BCUT2D eigenvalue weighted by molar-refractivity contribution is -0.141. The summed E-state index contributed by atoms with van der Waals surface area (Å²) < 4.78 is 4.90. The quantitative estimate of drug-likeness (QED) is 0.448. The van der Waals surface area contributed by atoms with E-state index in [-0.39, 0.29) is 5.97 Å². The van der Waals surface area contributed by atoms with Crippen molar-refractivity contribution in [3.05, 3.63) is 12.2 Å². The molecule has 0 spiro atoms.